The van der Waals surface area contributed by atoms with Gasteiger partial charge in [0.1, 0.15) is 5.76 Å². The fraction of sp³-hybridized carbons (Fsp3) is 0.0870. The van der Waals surface area contributed by atoms with Gasteiger partial charge in [0.2, 0.25) is 11.7 Å². The highest BCUT2D eigenvalue weighted by Crippen LogP contribution is 2.45. The van der Waals surface area contributed by atoms with Crippen molar-refractivity contribution in [3.63, 3.8) is 0 Å². The van der Waals surface area contributed by atoms with Gasteiger partial charge in [-0.1, -0.05) is 11.3 Å². The number of thiazole rings is 1. The minimum Gasteiger partial charge on any atom is -0.503 e. The van der Waals surface area contributed by atoms with Crippen LogP contribution in [0.25, 0.3) is 26.6 Å². The lowest BCUT2D eigenvalue weighted by atomic mass is 10.0. The van der Waals surface area contributed by atoms with Crippen LogP contribution in [0, 0.1) is 6.92 Å². The van der Waals surface area contributed by atoms with Gasteiger partial charge in [-0.2, -0.15) is 0 Å². The third-order valence-corrected chi connectivity index (χ3v) is 7.33. The molecule has 0 bridgehead atoms. The lowest BCUT2D eigenvalue weighted by Crippen LogP contribution is -2.04. The van der Waals surface area contributed by atoms with Crippen molar-refractivity contribution >= 4 is 37.2 Å². The molecule has 0 radical (unpaired) electrons. The number of aromatic nitrogens is 3. The van der Waals surface area contributed by atoms with E-state index in [1.165, 1.54) is 29.0 Å². The molecule has 4 aromatic heterocycles. The molecular weight excluding hydrogens is 478 g/mol. The molecular formula is C23H17N3O6S2. The van der Waals surface area contributed by atoms with Crippen molar-refractivity contribution in [3.05, 3.63) is 71.9 Å². The van der Waals surface area contributed by atoms with Crippen LogP contribution in [0.4, 0.5) is 0 Å². The summed E-state index contributed by atoms with van der Waals surface area (Å²) < 4.78 is 31.2. The summed E-state index contributed by atoms with van der Waals surface area (Å²) in [5.41, 5.74) is 0.938. The fourth-order valence-corrected chi connectivity index (χ4v) is 5.36. The molecule has 2 N–H and O–H groups in total. The summed E-state index contributed by atoms with van der Waals surface area (Å²) in [6, 6.07) is 11.0. The molecule has 0 saturated carbocycles. The van der Waals surface area contributed by atoms with E-state index in [2.05, 4.69) is 9.97 Å². The number of aromatic hydroxyl groups is 2. The highest BCUT2D eigenvalue weighted by atomic mass is 32.2. The summed E-state index contributed by atoms with van der Waals surface area (Å²) in [6.07, 6.45) is 4.16. The number of aryl methyl sites for hydroxylation is 1. The monoisotopic (exact) mass is 495 g/mol. The van der Waals surface area contributed by atoms with E-state index in [-0.39, 0.29) is 27.0 Å². The minimum atomic E-state index is -3.43. The van der Waals surface area contributed by atoms with E-state index in [1.807, 2.05) is 0 Å². The maximum absolute atomic E-state index is 13.3. The molecule has 4 heterocycles. The second-order valence-electron chi connectivity index (χ2n) is 7.61. The Kier molecular flexibility index (Phi) is 5.03. The number of sulfone groups is 1. The predicted molar refractivity (Wildman–Crippen MR) is 125 cm³/mol. The Bertz CT molecular complexity index is 1680. The Hall–Kier alpha value is -3.96. The number of carbonyl (C=O) groups excluding carboxylic acids is 1. The number of furan rings is 1. The van der Waals surface area contributed by atoms with Gasteiger partial charge in [-0.05, 0) is 49.4 Å². The Morgan fingerprint density at radius 2 is 1.94 bits per heavy atom. The van der Waals surface area contributed by atoms with Crippen LogP contribution in [0.1, 0.15) is 21.9 Å². The summed E-state index contributed by atoms with van der Waals surface area (Å²) in [6.45, 7) is 1.69. The number of pyridine rings is 1. The second kappa shape index (κ2) is 7.82. The third kappa shape index (κ3) is 3.55. The summed E-state index contributed by atoms with van der Waals surface area (Å²) in [5, 5.41) is 22.0. The first kappa shape index (κ1) is 21.9. The van der Waals surface area contributed by atoms with E-state index in [0.717, 1.165) is 17.6 Å². The lowest BCUT2D eigenvalue weighted by Gasteiger charge is -2.08. The zero-order chi connectivity index (χ0) is 24.2. The zero-order valence-corrected chi connectivity index (χ0v) is 19.5. The summed E-state index contributed by atoms with van der Waals surface area (Å²) in [7, 11) is -3.43. The number of carbonyl (C=O) groups is 1. The smallest absolute Gasteiger partial charge is 0.242 e. The van der Waals surface area contributed by atoms with Gasteiger partial charge in [0.15, 0.2) is 26.5 Å². The molecule has 0 atom stereocenters. The molecule has 0 unspecified atom stereocenters. The number of hydrogen-bond donors (Lipinski definition) is 2. The first-order chi connectivity index (χ1) is 16.1. The molecule has 0 aliphatic carbocycles. The van der Waals surface area contributed by atoms with Crippen LogP contribution in [-0.4, -0.2) is 45.2 Å². The number of fused-ring (bicyclic) bond motifs is 1. The number of nitrogens with zero attached hydrogens (tertiary/aromatic N) is 3. The fourth-order valence-electron chi connectivity index (χ4n) is 3.62. The highest BCUT2D eigenvalue weighted by Gasteiger charge is 2.32. The van der Waals surface area contributed by atoms with Crippen LogP contribution in [0.3, 0.4) is 0 Å². The molecule has 0 aliphatic heterocycles. The van der Waals surface area contributed by atoms with E-state index in [9.17, 15) is 23.4 Å². The Morgan fingerprint density at radius 3 is 2.59 bits per heavy atom. The predicted octanol–water partition coefficient (Wildman–Crippen LogP) is 4.10. The number of hydrogen-bond acceptors (Lipinski definition) is 9. The Balaban J connectivity index is 1.79. The summed E-state index contributed by atoms with van der Waals surface area (Å²) in [5.74, 6) is -1.33. The van der Waals surface area contributed by atoms with Crippen molar-refractivity contribution in [3.8, 4) is 28.0 Å². The van der Waals surface area contributed by atoms with Crippen LogP contribution in [-0.2, 0) is 9.84 Å². The maximum Gasteiger partial charge on any atom is 0.242 e. The Morgan fingerprint density at radius 1 is 1.15 bits per heavy atom. The van der Waals surface area contributed by atoms with E-state index < -0.39 is 27.2 Å². The topological polar surface area (TPSA) is 136 Å². The molecule has 0 saturated heterocycles. The molecule has 1 aromatic carbocycles. The third-order valence-electron chi connectivity index (χ3n) is 5.22. The van der Waals surface area contributed by atoms with Crippen molar-refractivity contribution in [2.75, 3.05) is 6.26 Å². The first-order valence-electron chi connectivity index (χ1n) is 9.94. The minimum absolute atomic E-state index is 0.00261. The standard InChI is InChI=1S/C23H17N3O6S2/c1-12-5-8-16(32-12)20(27)18-19(13-4-3-9-24-11-13)26(22(29)21(18)28)23-25-15-7-6-14(34(2,30)31)10-17(15)33-23/h3-11,28-29H,1-2H3. The quantitative estimate of drug-likeness (QED) is 0.348. The van der Waals surface area contributed by atoms with Gasteiger partial charge >= 0.3 is 0 Å². The van der Waals surface area contributed by atoms with Gasteiger partial charge in [-0.25, -0.2) is 13.4 Å². The molecule has 34 heavy (non-hydrogen) atoms. The van der Waals surface area contributed by atoms with Crippen LogP contribution < -0.4 is 0 Å². The SMILES string of the molecule is Cc1ccc(C(=O)c2c(O)c(O)n(-c3nc4ccc(S(C)(=O)=O)cc4s3)c2-c2cccnc2)o1. The van der Waals surface area contributed by atoms with Gasteiger partial charge in [-0.3, -0.25) is 14.3 Å². The molecule has 0 amide bonds. The van der Waals surface area contributed by atoms with Gasteiger partial charge in [0, 0.05) is 24.2 Å². The van der Waals surface area contributed by atoms with Gasteiger partial charge in [0.05, 0.1) is 26.4 Å². The molecule has 11 heteroatoms. The van der Waals surface area contributed by atoms with Crippen molar-refractivity contribution in [2.45, 2.75) is 11.8 Å². The Labute approximate surface area is 197 Å². The molecule has 5 rings (SSSR count). The largest absolute Gasteiger partial charge is 0.503 e. The average molecular weight is 496 g/mol. The molecule has 9 nitrogen and oxygen atoms in total. The van der Waals surface area contributed by atoms with Crippen LogP contribution in [0.2, 0.25) is 0 Å². The average Bonchev–Trinajstić information content (AvgIpc) is 3.49. The van der Waals surface area contributed by atoms with Crippen LogP contribution in [0.15, 0.2) is 64.2 Å². The zero-order valence-electron chi connectivity index (χ0n) is 17.9. The lowest BCUT2D eigenvalue weighted by molar-refractivity contribution is 0.101. The maximum atomic E-state index is 13.3. The number of ketones is 1. The van der Waals surface area contributed by atoms with Crippen molar-refractivity contribution in [1.29, 1.82) is 0 Å². The molecule has 0 spiro atoms. The second-order valence-corrected chi connectivity index (χ2v) is 10.6. The van der Waals surface area contributed by atoms with Gasteiger partial charge < -0.3 is 14.6 Å². The van der Waals surface area contributed by atoms with E-state index in [4.69, 9.17) is 4.42 Å². The van der Waals surface area contributed by atoms with Crippen molar-refractivity contribution in [1.82, 2.24) is 14.5 Å². The van der Waals surface area contributed by atoms with Gasteiger partial charge in [0.25, 0.3) is 0 Å². The van der Waals surface area contributed by atoms with Crippen LogP contribution in [0.5, 0.6) is 11.6 Å². The summed E-state index contributed by atoms with van der Waals surface area (Å²) in [4.78, 5) is 22.0. The van der Waals surface area contributed by atoms with Crippen molar-refractivity contribution < 1.29 is 27.8 Å². The molecule has 0 aliphatic rings. The van der Waals surface area contributed by atoms with E-state index in [0.29, 0.717) is 21.5 Å². The first-order valence-corrected chi connectivity index (χ1v) is 12.6. The van der Waals surface area contributed by atoms with E-state index >= 15 is 0 Å². The number of benzene rings is 1. The molecule has 172 valence electrons. The molecule has 5 aromatic rings. The highest BCUT2D eigenvalue weighted by molar-refractivity contribution is 7.90. The molecule has 0 fully saturated rings. The van der Waals surface area contributed by atoms with Gasteiger partial charge in [-0.15, -0.1) is 0 Å². The summed E-state index contributed by atoms with van der Waals surface area (Å²) >= 11 is 1.10. The van der Waals surface area contributed by atoms with Crippen molar-refractivity contribution in [2.24, 2.45) is 0 Å². The number of rotatable bonds is 5. The van der Waals surface area contributed by atoms with Crippen LogP contribution >= 0.6 is 11.3 Å². The normalized spacial score (nSPS) is 11.8. The van der Waals surface area contributed by atoms with E-state index in [1.54, 1.807) is 37.4 Å².